The molecule has 3 aromatic rings. The second-order valence-corrected chi connectivity index (χ2v) is 7.05. The number of nitrogens with zero attached hydrogens (tertiary/aromatic N) is 4. The molecule has 1 aromatic carbocycles. The lowest BCUT2D eigenvalue weighted by Gasteiger charge is -2.06. The van der Waals surface area contributed by atoms with Crippen LogP contribution in [0.25, 0.3) is 0 Å². The van der Waals surface area contributed by atoms with Crippen LogP contribution in [0.1, 0.15) is 6.42 Å². The number of carbonyl (C=O) groups excluding carboxylic acids is 1. The highest BCUT2D eigenvalue weighted by Crippen LogP contribution is 2.16. The number of rotatable bonds is 7. The molecule has 25 heavy (non-hydrogen) atoms. The van der Waals surface area contributed by atoms with Crippen LogP contribution in [0.4, 0.5) is 5.69 Å². The smallest absolute Gasteiger partial charge is 0.226 e. The first-order valence-electron chi connectivity index (χ1n) is 7.47. The fourth-order valence-corrected chi connectivity index (χ4v) is 2.66. The van der Waals surface area contributed by atoms with Gasteiger partial charge >= 0.3 is 0 Å². The Morgan fingerprint density at radius 3 is 2.52 bits per heavy atom. The normalized spacial score (nSPS) is 10.6. The fraction of sp³-hybridized carbons (Fsp3) is 0.188. The molecule has 0 aliphatic heterocycles. The molecule has 0 atom stereocenters. The van der Waals surface area contributed by atoms with Gasteiger partial charge in [-0.3, -0.25) is 9.48 Å². The maximum Gasteiger partial charge on any atom is 0.226 e. The van der Waals surface area contributed by atoms with Gasteiger partial charge in [0.1, 0.15) is 5.75 Å². The van der Waals surface area contributed by atoms with E-state index in [1.54, 1.807) is 28.0 Å². The van der Waals surface area contributed by atoms with Crippen molar-refractivity contribution in [3.05, 3.63) is 58.0 Å². The van der Waals surface area contributed by atoms with Gasteiger partial charge in [0.05, 0.1) is 28.8 Å². The Labute approximate surface area is 161 Å². The number of halogens is 2. The molecule has 2 heterocycles. The van der Waals surface area contributed by atoms with E-state index in [1.165, 1.54) is 0 Å². The van der Waals surface area contributed by atoms with E-state index in [1.807, 2.05) is 30.5 Å². The highest BCUT2D eigenvalue weighted by molar-refractivity contribution is 9.10. The molecule has 0 aliphatic rings. The molecule has 2 aromatic heterocycles. The van der Waals surface area contributed by atoms with Crippen molar-refractivity contribution in [2.45, 2.75) is 19.7 Å². The van der Waals surface area contributed by atoms with Gasteiger partial charge in [-0.15, -0.1) is 0 Å². The van der Waals surface area contributed by atoms with E-state index in [0.717, 1.165) is 14.7 Å². The quantitative estimate of drug-likeness (QED) is 0.574. The summed E-state index contributed by atoms with van der Waals surface area (Å²) in [6.07, 6.45) is 7.15. The molecule has 0 aliphatic carbocycles. The van der Waals surface area contributed by atoms with Gasteiger partial charge in [0.25, 0.3) is 0 Å². The number of hydrogen-bond donors (Lipinski definition) is 1. The summed E-state index contributed by atoms with van der Waals surface area (Å²) in [4.78, 5) is 12.0. The molecule has 130 valence electrons. The van der Waals surface area contributed by atoms with Crippen LogP contribution in [0.15, 0.2) is 58.0 Å². The molecule has 0 saturated carbocycles. The van der Waals surface area contributed by atoms with Crippen molar-refractivity contribution in [2.75, 3.05) is 5.32 Å². The first-order chi connectivity index (χ1) is 12.1. The third-order valence-corrected chi connectivity index (χ3v) is 4.20. The molecule has 0 spiro atoms. The zero-order valence-corrected chi connectivity index (χ0v) is 16.3. The van der Waals surface area contributed by atoms with Crippen LogP contribution in [-0.2, 0) is 18.1 Å². The topological polar surface area (TPSA) is 74.0 Å². The van der Waals surface area contributed by atoms with Crippen LogP contribution in [-0.4, -0.2) is 25.5 Å². The Kier molecular flexibility index (Phi) is 5.87. The molecule has 0 radical (unpaired) electrons. The van der Waals surface area contributed by atoms with Gasteiger partial charge < -0.3 is 10.1 Å². The van der Waals surface area contributed by atoms with Crippen LogP contribution in [0, 0.1) is 0 Å². The molecule has 0 fully saturated rings. The number of carbonyl (C=O) groups is 1. The maximum atomic E-state index is 12.0. The summed E-state index contributed by atoms with van der Waals surface area (Å²) in [5, 5.41) is 11.1. The van der Waals surface area contributed by atoms with Crippen molar-refractivity contribution in [3.63, 3.8) is 0 Å². The molecular formula is C16H15Br2N5O2. The van der Waals surface area contributed by atoms with Crippen LogP contribution in [0.5, 0.6) is 5.75 Å². The number of anilines is 1. The summed E-state index contributed by atoms with van der Waals surface area (Å²) in [5.74, 6) is 0.648. The number of aromatic nitrogens is 4. The molecule has 1 amide bonds. The molecule has 1 N–H and O–H groups in total. The molecule has 7 nitrogen and oxygen atoms in total. The van der Waals surface area contributed by atoms with Gasteiger partial charge in [-0.25, -0.2) is 4.68 Å². The van der Waals surface area contributed by atoms with Gasteiger partial charge in [0.2, 0.25) is 5.91 Å². The second-order valence-electron chi connectivity index (χ2n) is 5.22. The largest absolute Gasteiger partial charge is 0.471 e. The zero-order valence-electron chi connectivity index (χ0n) is 13.1. The molecule has 9 heteroatoms. The number of benzene rings is 1. The van der Waals surface area contributed by atoms with Gasteiger partial charge in [0, 0.05) is 23.6 Å². The highest BCUT2D eigenvalue weighted by Gasteiger charge is 2.06. The molecule has 0 unspecified atom stereocenters. The zero-order chi connectivity index (χ0) is 17.6. The summed E-state index contributed by atoms with van der Waals surface area (Å²) >= 11 is 6.70. The van der Waals surface area contributed by atoms with E-state index in [-0.39, 0.29) is 12.6 Å². The number of amides is 1. The maximum absolute atomic E-state index is 12.0. The van der Waals surface area contributed by atoms with Crippen molar-refractivity contribution >= 4 is 43.5 Å². The molecule has 3 rings (SSSR count). The van der Waals surface area contributed by atoms with E-state index in [0.29, 0.717) is 18.7 Å². The predicted molar refractivity (Wildman–Crippen MR) is 100 cm³/mol. The molecular weight excluding hydrogens is 454 g/mol. The van der Waals surface area contributed by atoms with E-state index < -0.39 is 0 Å². The van der Waals surface area contributed by atoms with Gasteiger partial charge in [-0.1, -0.05) is 15.9 Å². The summed E-state index contributed by atoms with van der Waals surface area (Å²) in [6, 6.07) is 7.54. The van der Waals surface area contributed by atoms with E-state index in [4.69, 9.17) is 4.74 Å². The van der Waals surface area contributed by atoms with E-state index in [2.05, 4.69) is 47.4 Å². The third-order valence-electron chi connectivity index (χ3n) is 3.26. The Bertz CT molecular complexity index is 844. The van der Waals surface area contributed by atoms with Crippen molar-refractivity contribution in [2.24, 2.45) is 0 Å². The number of aryl methyl sites for hydroxylation is 1. The SMILES string of the molecule is O=C(CCn1cc(Br)cn1)Nc1cnn(COc2ccc(Br)cc2)c1. The third kappa shape index (κ3) is 5.43. The van der Waals surface area contributed by atoms with Gasteiger partial charge in [-0.05, 0) is 40.2 Å². The minimum atomic E-state index is -0.0972. The first-order valence-corrected chi connectivity index (χ1v) is 9.06. The molecule has 0 saturated heterocycles. The lowest BCUT2D eigenvalue weighted by Crippen LogP contribution is -2.14. The van der Waals surface area contributed by atoms with Crippen molar-refractivity contribution < 1.29 is 9.53 Å². The van der Waals surface area contributed by atoms with Crippen molar-refractivity contribution in [3.8, 4) is 5.75 Å². The van der Waals surface area contributed by atoms with Gasteiger partial charge in [-0.2, -0.15) is 10.2 Å². The average Bonchev–Trinajstić information content (AvgIpc) is 3.21. The average molecular weight is 469 g/mol. The minimum absolute atomic E-state index is 0.0972. The van der Waals surface area contributed by atoms with Crippen molar-refractivity contribution in [1.82, 2.24) is 19.6 Å². The Morgan fingerprint density at radius 1 is 1.04 bits per heavy atom. The Balaban J connectivity index is 1.45. The predicted octanol–water partition coefficient (Wildman–Crippen LogP) is 3.67. The fourth-order valence-electron chi connectivity index (χ4n) is 2.07. The Morgan fingerprint density at radius 2 is 1.80 bits per heavy atom. The number of ether oxygens (including phenoxy) is 1. The van der Waals surface area contributed by atoms with Crippen LogP contribution < -0.4 is 10.1 Å². The lowest BCUT2D eigenvalue weighted by atomic mass is 10.3. The molecule has 0 bridgehead atoms. The first kappa shape index (κ1) is 17.7. The van der Waals surface area contributed by atoms with Crippen LogP contribution in [0.3, 0.4) is 0 Å². The standard InChI is InChI=1S/C16H15Br2N5O2/c17-12-1-3-15(4-2-12)25-11-23-10-14(8-20-23)21-16(24)5-6-22-9-13(18)7-19-22/h1-4,7-10H,5-6,11H2,(H,21,24). The van der Waals surface area contributed by atoms with Gasteiger partial charge in [0.15, 0.2) is 6.73 Å². The summed E-state index contributed by atoms with van der Waals surface area (Å²) in [5.41, 5.74) is 0.631. The minimum Gasteiger partial charge on any atom is -0.471 e. The second kappa shape index (κ2) is 8.30. The van der Waals surface area contributed by atoms with E-state index in [9.17, 15) is 4.79 Å². The van der Waals surface area contributed by atoms with Crippen molar-refractivity contribution in [1.29, 1.82) is 0 Å². The highest BCUT2D eigenvalue weighted by atomic mass is 79.9. The van der Waals surface area contributed by atoms with Crippen LogP contribution >= 0.6 is 31.9 Å². The monoisotopic (exact) mass is 467 g/mol. The number of nitrogens with one attached hydrogen (secondary N) is 1. The Hall–Kier alpha value is -2.13. The van der Waals surface area contributed by atoms with E-state index >= 15 is 0 Å². The summed E-state index contributed by atoms with van der Waals surface area (Å²) in [6.45, 7) is 0.775. The number of hydrogen-bond acceptors (Lipinski definition) is 4. The lowest BCUT2D eigenvalue weighted by molar-refractivity contribution is -0.116. The van der Waals surface area contributed by atoms with Crippen LogP contribution in [0.2, 0.25) is 0 Å². The summed E-state index contributed by atoms with van der Waals surface area (Å²) < 4.78 is 10.8. The summed E-state index contributed by atoms with van der Waals surface area (Å²) in [7, 11) is 0.